The molecule has 0 aromatic rings. The standard InChI is InChI=1S/C9H17ClN2O/c1-7(4-10)5-12-6-9(2,3)8(11)13/h4,12H,5-6H2,1-3H3,(H2,11,13). The van der Waals surface area contributed by atoms with Gasteiger partial charge >= 0.3 is 0 Å². The molecule has 0 rings (SSSR count). The van der Waals surface area contributed by atoms with E-state index in [0.717, 1.165) is 5.57 Å². The van der Waals surface area contributed by atoms with Crippen molar-refractivity contribution in [3.63, 3.8) is 0 Å². The molecule has 0 fully saturated rings. The number of nitrogens with two attached hydrogens (primary N) is 1. The second-order valence-corrected chi connectivity index (χ2v) is 4.03. The Morgan fingerprint density at radius 3 is 2.54 bits per heavy atom. The summed E-state index contributed by atoms with van der Waals surface area (Å²) in [4.78, 5) is 10.9. The van der Waals surface area contributed by atoms with E-state index in [1.807, 2.05) is 20.8 Å². The smallest absolute Gasteiger partial charge is 0.224 e. The maximum atomic E-state index is 10.9. The van der Waals surface area contributed by atoms with Crippen molar-refractivity contribution < 1.29 is 4.79 Å². The number of halogens is 1. The van der Waals surface area contributed by atoms with Gasteiger partial charge in [0.1, 0.15) is 0 Å². The van der Waals surface area contributed by atoms with E-state index in [0.29, 0.717) is 13.1 Å². The summed E-state index contributed by atoms with van der Waals surface area (Å²) in [6.45, 7) is 6.77. The third kappa shape index (κ3) is 4.90. The number of amides is 1. The molecule has 76 valence electrons. The molecule has 0 heterocycles. The van der Waals surface area contributed by atoms with E-state index in [-0.39, 0.29) is 5.91 Å². The van der Waals surface area contributed by atoms with Crippen molar-refractivity contribution in [1.29, 1.82) is 0 Å². The van der Waals surface area contributed by atoms with Gasteiger partial charge in [0.25, 0.3) is 0 Å². The summed E-state index contributed by atoms with van der Waals surface area (Å²) < 4.78 is 0. The molecule has 0 spiro atoms. The summed E-state index contributed by atoms with van der Waals surface area (Å²) in [5, 5.41) is 3.10. The fourth-order valence-electron chi connectivity index (χ4n) is 0.698. The van der Waals surface area contributed by atoms with Gasteiger partial charge in [-0.1, -0.05) is 11.6 Å². The van der Waals surface area contributed by atoms with Gasteiger partial charge < -0.3 is 11.1 Å². The fourth-order valence-corrected chi connectivity index (χ4v) is 0.775. The Morgan fingerprint density at radius 1 is 1.62 bits per heavy atom. The zero-order chi connectivity index (χ0) is 10.5. The SMILES string of the molecule is CC(=CCl)CNCC(C)(C)C(N)=O. The normalized spacial score (nSPS) is 13.1. The van der Waals surface area contributed by atoms with Gasteiger partial charge in [-0.25, -0.2) is 0 Å². The highest BCUT2D eigenvalue weighted by Gasteiger charge is 2.23. The van der Waals surface area contributed by atoms with Crippen LogP contribution < -0.4 is 11.1 Å². The van der Waals surface area contributed by atoms with Gasteiger partial charge in [-0.05, 0) is 26.3 Å². The number of nitrogens with one attached hydrogen (secondary N) is 1. The first kappa shape index (κ1) is 12.5. The Morgan fingerprint density at radius 2 is 2.15 bits per heavy atom. The lowest BCUT2D eigenvalue weighted by Crippen LogP contribution is -2.40. The van der Waals surface area contributed by atoms with Crippen LogP contribution in [-0.2, 0) is 4.79 Å². The van der Waals surface area contributed by atoms with Gasteiger partial charge in [-0.3, -0.25) is 4.79 Å². The van der Waals surface area contributed by atoms with Gasteiger partial charge in [0.2, 0.25) is 5.91 Å². The average molecular weight is 205 g/mol. The predicted molar refractivity (Wildman–Crippen MR) is 55.5 cm³/mol. The lowest BCUT2D eigenvalue weighted by atomic mass is 9.93. The Kier molecular flexibility index (Phi) is 5.03. The molecule has 0 aliphatic rings. The number of hydrogen-bond donors (Lipinski definition) is 2. The van der Waals surface area contributed by atoms with Gasteiger partial charge in [-0.15, -0.1) is 0 Å². The first-order valence-corrected chi connectivity index (χ1v) is 4.60. The largest absolute Gasteiger partial charge is 0.369 e. The van der Waals surface area contributed by atoms with Crippen LogP contribution in [-0.4, -0.2) is 19.0 Å². The summed E-state index contributed by atoms with van der Waals surface area (Å²) in [5.74, 6) is -0.299. The van der Waals surface area contributed by atoms with E-state index in [4.69, 9.17) is 17.3 Å². The Labute approximate surface area is 84.3 Å². The first-order chi connectivity index (χ1) is 5.90. The van der Waals surface area contributed by atoms with Crippen LogP contribution in [0.2, 0.25) is 0 Å². The van der Waals surface area contributed by atoms with Crippen LogP contribution in [0, 0.1) is 5.41 Å². The van der Waals surface area contributed by atoms with Gasteiger partial charge in [0, 0.05) is 18.6 Å². The molecule has 0 aliphatic carbocycles. The lowest BCUT2D eigenvalue weighted by Gasteiger charge is -2.20. The molecule has 0 bridgehead atoms. The van der Waals surface area contributed by atoms with Crippen molar-refractivity contribution >= 4 is 17.5 Å². The van der Waals surface area contributed by atoms with Gasteiger partial charge in [-0.2, -0.15) is 0 Å². The monoisotopic (exact) mass is 204 g/mol. The molecule has 0 aromatic carbocycles. The molecule has 0 saturated heterocycles. The number of rotatable bonds is 5. The van der Waals surface area contributed by atoms with Crippen molar-refractivity contribution in [3.8, 4) is 0 Å². The highest BCUT2D eigenvalue weighted by Crippen LogP contribution is 2.11. The van der Waals surface area contributed by atoms with Crippen LogP contribution >= 0.6 is 11.6 Å². The zero-order valence-electron chi connectivity index (χ0n) is 8.36. The molecule has 0 aliphatic heterocycles. The summed E-state index contributed by atoms with van der Waals surface area (Å²) in [7, 11) is 0. The van der Waals surface area contributed by atoms with Crippen LogP contribution in [0.15, 0.2) is 11.1 Å². The molecule has 13 heavy (non-hydrogen) atoms. The fraction of sp³-hybridized carbons (Fsp3) is 0.667. The molecular weight excluding hydrogens is 188 g/mol. The van der Waals surface area contributed by atoms with E-state index >= 15 is 0 Å². The molecule has 1 amide bonds. The Hall–Kier alpha value is -0.540. The van der Waals surface area contributed by atoms with E-state index in [9.17, 15) is 4.79 Å². The number of carbonyl (C=O) groups excluding carboxylic acids is 1. The number of hydrogen-bond acceptors (Lipinski definition) is 2. The van der Waals surface area contributed by atoms with Crippen molar-refractivity contribution in [2.24, 2.45) is 11.1 Å². The zero-order valence-corrected chi connectivity index (χ0v) is 9.11. The molecule has 0 aromatic heterocycles. The van der Waals surface area contributed by atoms with E-state index < -0.39 is 5.41 Å². The highest BCUT2D eigenvalue weighted by molar-refractivity contribution is 6.25. The number of carbonyl (C=O) groups is 1. The lowest BCUT2D eigenvalue weighted by molar-refractivity contribution is -0.125. The third-order valence-electron chi connectivity index (χ3n) is 1.82. The Balaban J connectivity index is 3.83. The summed E-state index contributed by atoms with van der Waals surface area (Å²) in [6.07, 6.45) is 0. The van der Waals surface area contributed by atoms with E-state index in [1.54, 1.807) is 0 Å². The van der Waals surface area contributed by atoms with Gasteiger partial charge in [0.05, 0.1) is 5.41 Å². The van der Waals surface area contributed by atoms with Crippen molar-refractivity contribution in [2.45, 2.75) is 20.8 Å². The summed E-state index contributed by atoms with van der Waals surface area (Å²) in [6, 6.07) is 0. The summed E-state index contributed by atoms with van der Waals surface area (Å²) >= 11 is 5.47. The highest BCUT2D eigenvalue weighted by atomic mass is 35.5. The van der Waals surface area contributed by atoms with Crippen molar-refractivity contribution in [1.82, 2.24) is 5.32 Å². The topological polar surface area (TPSA) is 55.1 Å². The van der Waals surface area contributed by atoms with Crippen LogP contribution in [0.1, 0.15) is 20.8 Å². The minimum Gasteiger partial charge on any atom is -0.369 e. The quantitative estimate of drug-likeness (QED) is 0.708. The predicted octanol–water partition coefficient (Wildman–Crippen LogP) is 1.23. The first-order valence-electron chi connectivity index (χ1n) is 4.16. The third-order valence-corrected chi connectivity index (χ3v) is 2.20. The van der Waals surface area contributed by atoms with Crippen LogP contribution in [0.3, 0.4) is 0 Å². The van der Waals surface area contributed by atoms with Crippen LogP contribution in [0.4, 0.5) is 0 Å². The molecule has 0 unspecified atom stereocenters. The van der Waals surface area contributed by atoms with Crippen LogP contribution in [0.25, 0.3) is 0 Å². The molecule has 3 N–H and O–H groups in total. The summed E-state index contributed by atoms with van der Waals surface area (Å²) in [5.41, 5.74) is 7.24. The van der Waals surface area contributed by atoms with Crippen molar-refractivity contribution in [2.75, 3.05) is 13.1 Å². The second-order valence-electron chi connectivity index (χ2n) is 3.81. The molecule has 0 radical (unpaired) electrons. The minimum absolute atomic E-state index is 0.299. The number of primary amides is 1. The molecule has 0 saturated carbocycles. The maximum Gasteiger partial charge on any atom is 0.224 e. The molecular formula is C9H17ClN2O. The molecule has 3 nitrogen and oxygen atoms in total. The molecule has 4 heteroatoms. The van der Waals surface area contributed by atoms with Gasteiger partial charge in [0.15, 0.2) is 0 Å². The second kappa shape index (κ2) is 5.25. The average Bonchev–Trinajstić information content (AvgIpc) is 2.03. The Bertz CT molecular complexity index is 212. The maximum absolute atomic E-state index is 10.9. The van der Waals surface area contributed by atoms with E-state index in [2.05, 4.69) is 5.32 Å². The van der Waals surface area contributed by atoms with Crippen molar-refractivity contribution in [3.05, 3.63) is 11.1 Å². The molecule has 0 atom stereocenters. The van der Waals surface area contributed by atoms with E-state index in [1.165, 1.54) is 5.54 Å². The minimum atomic E-state index is -0.507. The van der Waals surface area contributed by atoms with Crippen LogP contribution in [0.5, 0.6) is 0 Å².